The molecule has 0 aliphatic carbocycles. The summed E-state index contributed by atoms with van der Waals surface area (Å²) < 4.78 is 5.82. The van der Waals surface area contributed by atoms with Crippen molar-refractivity contribution in [3.63, 3.8) is 0 Å². The second-order valence-corrected chi connectivity index (χ2v) is 7.57. The zero-order valence-electron chi connectivity index (χ0n) is 16.2. The van der Waals surface area contributed by atoms with Gasteiger partial charge in [0.05, 0.1) is 6.04 Å². The maximum atomic E-state index is 12.9. The van der Waals surface area contributed by atoms with E-state index in [1.54, 1.807) is 0 Å². The van der Waals surface area contributed by atoms with Crippen molar-refractivity contribution in [2.24, 2.45) is 5.92 Å². The Hall–Kier alpha value is -2.55. The van der Waals surface area contributed by atoms with E-state index in [1.165, 1.54) is 5.56 Å². The molecular formula is C23H27NO2. The van der Waals surface area contributed by atoms with Crippen LogP contribution in [0.5, 0.6) is 0 Å². The fourth-order valence-electron chi connectivity index (χ4n) is 3.32. The highest BCUT2D eigenvalue weighted by Crippen LogP contribution is 2.28. The van der Waals surface area contributed by atoms with Crippen molar-refractivity contribution in [1.82, 2.24) is 5.32 Å². The molecule has 1 N–H and O–H groups in total. The second-order valence-electron chi connectivity index (χ2n) is 7.57. The van der Waals surface area contributed by atoms with E-state index in [1.807, 2.05) is 31.2 Å². The van der Waals surface area contributed by atoms with Crippen LogP contribution < -0.4 is 5.32 Å². The van der Waals surface area contributed by atoms with Crippen molar-refractivity contribution >= 4 is 16.9 Å². The van der Waals surface area contributed by atoms with Crippen LogP contribution in [0.25, 0.3) is 11.0 Å². The Kier molecular flexibility index (Phi) is 5.17. The molecule has 3 aromatic rings. The second kappa shape index (κ2) is 7.36. The van der Waals surface area contributed by atoms with Gasteiger partial charge in [-0.25, -0.2) is 0 Å². The third kappa shape index (κ3) is 3.52. The van der Waals surface area contributed by atoms with Gasteiger partial charge < -0.3 is 9.73 Å². The predicted molar refractivity (Wildman–Crippen MR) is 107 cm³/mol. The van der Waals surface area contributed by atoms with Crippen molar-refractivity contribution < 1.29 is 9.21 Å². The zero-order chi connectivity index (χ0) is 18.8. The molecule has 3 heteroatoms. The van der Waals surface area contributed by atoms with Crippen molar-refractivity contribution in [3.8, 4) is 0 Å². The first-order valence-corrected chi connectivity index (χ1v) is 9.27. The van der Waals surface area contributed by atoms with E-state index in [2.05, 4.69) is 57.3 Å². The maximum absolute atomic E-state index is 12.9. The Morgan fingerprint density at radius 3 is 2.12 bits per heavy atom. The van der Waals surface area contributed by atoms with Gasteiger partial charge in [0.1, 0.15) is 5.58 Å². The highest BCUT2D eigenvalue weighted by molar-refractivity contribution is 5.99. The molecule has 3 rings (SSSR count). The van der Waals surface area contributed by atoms with Crippen molar-refractivity contribution in [2.45, 2.75) is 46.6 Å². The molecule has 1 amide bonds. The number of hydrogen-bond donors (Lipinski definition) is 1. The summed E-state index contributed by atoms with van der Waals surface area (Å²) in [6.07, 6.45) is 0. The molecule has 0 aliphatic rings. The van der Waals surface area contributed by atoms with Gasteiger partial charge in [0.15, 0.2) is 5.76 Å². The molecule has 2 aromatic carbocycles. The minimum absolute atomic E-state index is 0.0590. The first-order valence-electron chi connectivity index (χ1n) is 9.27. The van der Waals surface area contributed by atoms with Gasteiger partial charge in [-0.1, -0.05) is 70.2 Å². The quantitative estimate of drug-likeness (QED) is 0.614. The molecular weight excluding hydrogens is 322 g/mol. The van der Waals surface area contributed by atoms with E-state index in [0.717, 1.165) is 22.1 Å². The smallest absolute Gasteiger partial charge is 0.287 e. The van der Waals surface area contributed by atoms with E-state index < -0.39 is 0 Å². The van der Waals surface area contributed by atoms with Crippen LogP contribution in [0.15, 0.2) is 52.9 Å². The molecule has 0 unspecified atom stereocenters. The monoisotopic (exact) mass is 349 g/mol. The summed E-state index contributed by atoms with van der Waals surface area (Å²) in [5.41, 5.74) is 4.05. The molecule has 1 atom stereocenters. The topological polar surface area (TPSA) is 42.2 Å². The highest BCUT2D eigenvalue weighted by atomic mass is 16.3. The normalized spacial score (nSPS) is 12.7. The standard InChI is InChI=1S/C23H27NO2/c1-14(2)17-10-12-18(13-11-17)21(15(3)4)24-23(25)22-16(5)19-8-6-7-9-20(19)26-22/h6-15,21H,1-5H3,(H,24,25)/t21-/m0/s1. The van der Waals surface area contributed by atoms with Crippen LogP contribution in [0.1, 0.15) is 66.9 Å². The average Bonchev–Trinajstić information content (AvgIpc) is 2.96. The summed E-state index contributed by atoms with van der Waals surface area (Å²) in [7, 11) is 0. The molecule has 0 spiro atoms. The number of aryl methyl sites for hydroxylation is 1. The van der Waals surface area contributed by atoms with Crippen LogP contribution in [0.2, 0.25) is 0 Å². The minimum atomic E-state index is -0.162. The lowest BCUT2D eigenvalue weighted by atomic mass is 9.93. The molecule has 1 heterocycles. The molecule has 0 saturated heterocycles. The lowest BCUT2D eigenvalue weighted by Crippen LogP contribution is -2.31. The summed E-state index contributed by atoms with van der Waals surface area (Å²) in [6.45, 7) is 10.5. The van der Waals surface area contributed by atoms with Gasteiger partial charge in [0.2, 0.25) is 0 Å². The summed E-state index contributed by atoms with van der Waals surface area (Å²) in [5.74, 6) is 1.00. The number of carbonyl (C=O) groups excluding carboxylic acids is 1. The van der Waals surface area contributed by atoms with Crippen molar-refractivity contribution in [2.75, 3.05) is 0 Å². The number of furan rings is 1. The molecule has 0 bridgehead atoms. The van der Waals surface area contributed by atoms with Gasteiger partial charge in [0, 0.05) is 10.9 Å². The third-order valence-corrected chi connectivity index (χ3v) is 4.97. The van der Waals surface area contributed by atoms with Crippen molar-refractivity contribution in [3.05, 3.63) is 71.0 Å². The Morgan fingerprint density at radius 2 is 1.54 bits per heavy atom. The number of benzene rings is 2. The number of hydrogen-bond acceptors (Lipinski definition) is 2. The fraction of sp³-hybridized carbons (Fsp3) is 0.348. The lowest BCUT2D eigenvalue weighted by molar-refractivity contribution is 0.0898. The molecule has 3 nitrogen and oxygen atoms in total. The van der Waals surface area contributed by atoms with E-state index >= 15 is 0 Å². The van der Waals surface area contributed by atoms with Gasteiger partial charge in [-0.15, -0.1) is 0 Å². The molecule has 26 heavy (non-hydrogen) atoms. The fourth-order valence-corrected chi connectivity index (χ4v) is 3.32. The summed E-state index contributed by atoms with van der Waals surface area (Å²) in [4.78, 5) is 12.9. The molecule has 0 saturated carbocycles. The van der Waals surface area contributed by atoms with Crippen LogP contribution >= 0.6 is 0 Å². The predicted octanol–water partition coefficient (Wildman–Crippen LogP) is 5.99. The third-order valence-electron chi connectivity index (χ3n) is 4.97. The van der Waals surface area contributed by atoms with Crippen LogP contribution in [0.4, 0.5) is 0 Å². The van der Waals surface area contributed by atoms with Crippen LogP contribution in [-0.2, 0) is 0 Å². The molecule has 0 aliphatic heterocycles. The van der Waals surface area contributed by atoms with E-state index in [-0.39, 0.29) is 17.9 Å². The number of para-hydroxylation sites is 1. The first kappa shape index (κ1) is 18.2. The average molecular weight is 349 g/mol. The Morgan fingerprint density at radius 1 is 0.923 bits per heavy atom. The number of fused-ring (bicyclic) bond motifs is 1. The summed E-state index contributed by atoms with van der Waals surface area (Å²) in [6, 6.07) is 16.2. The molecule has 0 radical (unpaired) electrons. The summed E-state index contributed by atoms with van der Waals surface area (Å²) in [5, 5.41) is 4.15. The van der Waals surface area contributed by atoms with Crippen molar-refractivity contribution in [1.29, 1.82) is 0 Å². The van der Waals surface area contributed by atoms with Gasteiger partial charge in [-0.3, -0.25) is 4.79 Å². The van der Waals surface area contributed by atoms with Crippen LogP contribution in [-0.4, -0.2) is 5.91 Å². The SMILES string of the molecule is Cc1c(C(=O)N[C@H](c2ccc(C(C)C)cc2)C(C)C)oc2ccccc12. The number of rotatable bonds is 5. The molecule has 136 valence electrons. The Labute approximate surface area is 155 Å². The van der Waals surface area contributed by atoms with E-state index in [9.17, 15) is 4.79 Å². The number of carbonyl (C=O) groups is 1. The number of amides is 1. The molecule has 1 aromatic heterocycles. The zero-order valence-corrected chi connectivity index (χ0v) is 16.2. The minimum Gasteiger partial charge on any atom is -0.451 e. The highest BCUT2D eigenvalue weighted by Gasteiger charge is 2.23. The lowest BCUT2D eigenvalue weighted by Gasteiger charge is -2.23. The maximum Gasteiger partial charge on any atom is 0.287 e. The Bertz CT molecular complexity index is 904. The number of nitrogens with one attached hydrogen (secondary N) is 1. The van der Waals surface area contributed by atoms with Gasteiger partial charge in [0.25, 0.3) is 5.91 Å². The first-order chi connectivity index (χ1) is 12.4. The van der Waals surface area contributed by atoms with Crippen LogP contribution in [0.3, 0.4) is 0 Å². The Balaban J connectivity index is 1.87. The van der Waals surface area contributed by atoms with Gasteiger partial charge in [-0.2, -0.15) is 0 Å². The summed E-state index contributed by atoms with van der Waals surface area (Å²) >= 11 is 0. The largest absolute Gasteiger partial charge is 0.451 e. The van der Waals surface area contributed by atoms with Gasteiger partial charge >= 0.3 is 0 Å². The molecule has 0 fully saturated rings. The van der Waals surface area contributed by atoms with E-state index in [0.29, 0.717) is 11.7 Å². The van der Waals surface area contributed by atoms with E-state index in [4.69, 9.17) is 4.42 Å². The van der Waals surface area contributed by atoms with Gasteiger partial charge in [-0.05, 0) is 36.0 Å². The van der Waals surface area contributed by atoms with Crippen LogP contribution in [0, 0.1) is 12.8 Å².